The Morgan fingerprint density at radius 1 is 1.26 bits per heavy atom. The van der Waals surface area contributed by atoms with Gasteiger partial charge in [0.2, 0.25) is 0 Å². The van der Waals surface area contributed by atoms with E-state index in [4.69, 9.17) is 5.26 Å². The van der Waals surface area contributed by atoms with Crippen molar-refractivity contribution >= 4 is 22.5 Å². The van der Waals surface area contributed by atoms with Crippen molar-refractivity contribution in [3.8, 4) is 6.07 Å². The zero-order valence-corrected chi connectivity index (χ0v) is 16.1. The fraction of sp³-hybridized carbons (Fsp3) is 0.381. The van der Waals surface area contributed by atoms with Crippen LogP contribution in [0.25, 0.3) is 11.0 Å². The molecule has 0 amide bonds. The van der Waals surface area contributed by atoms with E-state index in [0.29, 0.717) is 12.5 Å². The maximum Gasteiger partial charge on any atom is 0.134 e. The lowest BCUT2D eigenvalue weighted by molar-refractivity contribution is 0.169. The van der Waals surface area contributed by atoms with Gasteiger partial charge in [-0.3, -0.25) is 4.90 Å². The number of hydrogen-bond donors (Lipinski definition) is 0. The first-order valence-electron chi connectivity index (χ1n) is 9.33. The molecular weight excluding hydrogens is 336 g/mol. The lowest BCUT2D eigenvalue weighted by Gasteiger charge is -2.38. The van der Waals surface area contributed by atoms with E-state index in [1.807, 2.05) is 24.1 Å². The Morgan fingerprint density at radius 2 is 2.07 bits per heavy atom. The number of aryl methyl sites for hydroxylation is 2. The summed E-state index contributed by atoms with van der Waals surface area (Å²) in [4.78, 5) is 13.3. The van der Waals surface area contributed by atoms with Crippen LogP contribution < -0.4 is 4.90 Å². The van der Waals surface area contributed by atoms with Gasteiger partial charge in [-0.1, -0.05) is 19.1 Å². The molecule has 0 unspecified atom stereocenters. The minimum Gasteiger partial charge on any atom is -0.334 e. The minimum atomic E-state index is 0.528. The summed E-state index contributed by atoms with van der Waals surface area (Å²) in [5.74, 6) is 1.45. The summed E-state index contributed by atoms with van der Waals surface area (Å²) in [5.41, 5.74) is 5.86. The zero-order chi connectivity index (χ0) is 19.0. The highest BCUT2D eigenvalue weighted by molar-refractivity contribution is 5.79. The first-order chi connectivity index (χ1) is 13.1. The summed E-state index contributed by atoms with van der Waals surface area (Å²) < 4.78 is 2.02. The first kappa shape index (κ1) is 17.5. The number of benzene rings is 1. The average Bonchev–Trinajstić information content (AvgIpc) is 3.03. The van der Waals surface area contributed by atoms with Gasteiger partial charge in [-0.15, -0.1) is 0 Å². The molecule has 4 rings (SSSR count). The fourth-order valence-electron chi connectivity index (χ4n) is 3.81. The number of aromatic nitrogens is 3. The molecule has 1 aliphatic rings. The molecule has 0 aliphatic carbocycles. The second-order valence-corrected chi connectivity index (χ2v) is 7.24. The molecule has 138 valence electrons. The van der Waals surface area contributed by atoms with Gasteiger partial charge in [0.05, 0.1) is 30.7 Å². The van der Waals surface area contributed by atoms with Crippen LogP contribution >= 0.6 is 0 Å². The quantitative estimate of drug-likeness (QED) is 0.654. The van der Waals surface area contributed by atoms with Crippen molar-refractivity contribution in [3.63, 3.8) is 0 Å². The monoisotopic (exact) mass is 360 g/mol. The molecule has 27 heavy (non-hydrogen) atoms. The van der Waals surface area contributed by atoms with E-state index in [1.54, 1.807) is 0 Å². The topological polar surface area (TPSA) is 61.0 Å². The molecule has 6 heteroatoms. The van der Waals surface area contributed by atoms with E-state index >= 15 is 0 Å². The normalized spacial score (nSPS) is 14.9. The third-order valence-corrected chi connectivity index (χ3v) is 5.51. The van der Waals surface area contributed by atoms with E-state index in [2.05, 4.69) is 64.1 Å². The Bertz CT molecular complexity index is 1010. The van der Waals surface area contributed by atoms with E-state index < -0.39 is 0 Å². The molecular formula is C21H24N6. The summed E-state index contributed by atoms with van der Waals surface area (Å²) in [5, 5.41) is 8.81. The fourth-order valence-corrected chi connectivity index (χ4v) is 3.81. The van der Waals surface area contributed by atoms with Crippen LogP contribution in [0.15, 0.2) is 36.8 Å². The van der Waals surface area contributed by atoms with Gasteiger partial charge in [0.15, 0.2) is 0 Å². The molecule has 0 N–H and O–H groups in total. The van der Waals surface area contributed by atoms with Crippen molar-refractivity contribution in [2.75, 3.05) is 31.6 Å². The largest absolute Gasteiger partial charge is 0.334 e. The predicted octanol–water partition coefficient (Wildman–Crippen LogP) is 3.22. The molecule has 0 saturated carbocycles. The molecule has 1 aliphatic heterocycles. The lowest BCUT2D eigenvalue weighted by atomic mass is 9.89. The molecule has 1 fully saturated rings. The highest BCUT2D eigenvalue weighted by Crippen LogP contribution is 2.33. The molecule has 3 aromatic rings. The third-order valence-electron chi connectivity index (χ3n) is 5.51. The summed E-state index contributed by atoms with van der Waals surface area (Å²) in [6.07, 6.45) is 4.62. The molecule has 3 heterocycles. The van der Waals surface area contributed by atoms with Gasteiger partial charge in [0.1, 0.15) is 11.3 Å². The number of pyridine rings is 1. The summed E-state index contributed by atoms with van der Waals surface area (Å²) >= 11 is 0. The van der Waals surface area contributed by atoms with Crippen LogP contribution in [0.4, 0.5) is 11.5 Å². The standard InChI is InChI=1S/C21H24N6/c1-4-15-9-16(17-12-27(13-17)8-7-22)5-6-19(15)26(3)21-10-20-18(11-23-21)24-14-25(20)2/h5-6,9-11,14,17H,4,8,12-13H2,1-3H3. The second kappa shape index (κ2) is 7.01. The smallest absolute Gasteiger partial charge is 0.134 e. The Labute approximate surface area is 159 Å². The predicted molar refractivity (Wildman–Crippen MR) is 107 cm³/mol. The Balaban J connectivity index is 1.60. The van der Waals surface area contributed by atoms with Gasteiger partial charge in [0.25, 0.3) is 0 Å². The average molecular weight is 360 g/mol. The first-order valence-corrected chi connectivity index (χ1v) is 9.33. The number of likely N-dealkylation sites (tertiary alicyclic amines) is 1. The van der Waals surface area contributed by atoms with Crippen molar-refractivity contribution in [2.24, 2.45) is 7.05 Å². The van der Waals surface area contributed by atoms with E-state index in [-0.39, 0.29) is 0 Å². The molecule has 0 radical (unpaired) electrons. The van der Waals surface area contributed by atoms with Gasteiger partial charge in [0, 0.05) is 44.9 Å². The van der Waals surface area contributed by atoms with E-state index in [9.17, 15) is 0 Å². The second-order valence-electron chi connectivity index (χ2n) is 7.24. The highest BCUT2D eigenvalue weighted by atomic mass is 15.2. The van der Waals surface area contributed by atoms with Crippen molar-refractivity contribution in [3.05, 3.63) is 47.9 Å². The van der Waals surface area contributed by atoms with Crippen LogP contribution in [0.3, 0.4) is 0 Å². The molecule has 1 saturated heterocycles. The summed E-state index contributed by atoms with van der Waals surface area (Å²) in [7, 11) is 4.07. The summed E-state index contributed by atoms with van der Waals surface area (Å²) in [6.45, 7) is 4.67. The van der Waals surface area contributed by atoms with E-state index in [0.717, 1.165) is 36.4 Å². The van der Waals surface area contributed by atoms with Crippen LogP contribution in [-0.4, -0.2) is 46.1 Å². The van der Waals surface area contributed by atoms with Gasteiger partial charge in [-0.05, 0) is 23.6 Å². The Morgan fingerprint density at radius 3 is 2.81 bits per heavy atom. The van der Waals surface area contributed by atoms with Crippen molar-refractivity contribution in [1.82, 2.24) is 19.4 Å². The van der Waals surface area contributed by atoms with Crippen LogP contribution in [0.2, 0.25) is 0 Å². The molecule has 0 atom stereocenters. The van der Waals surface area contributed by atoms with Gasteiger partial charge >= 0.3 is 0 Å². The molecule has 1 aromatic carbocycles. The van der Waals surface area contributed by atoms with Crippen molar-refractivity contribution in [1.29, 1.82) is 5.26 Å². The number of nitriles is 1. The number of hydrogen-bond acceptors (Lipinski definition) is 5. The van der Waals surface area contributed by atoms with Gasteiger partial charge in [-0.2, -0.15) is 5.26 Å². The third kappa shape index (κ3) is 3.15. The number of fused-ring (bicyclic) bond motifs is 1. The van der Waals surface area contributed by atoms with Gasteiger partial charge in [-0.25, -0.2) is 9.97 Å². The Kier molecular flexibility index (Phi) is 4.54. The van der Waals surface area contributed by atoms with Gasteiger partial charge < -0.3 is 9.47 Å². The maximum atomic E-state index is 8.81. The van der Waals surface area contributed by atoms with Crippen molar-refractivity contribution < 1.29 is 0 Å². The van der Waals surface area contributed by atoms with Crippen LogP contribution in [0, 0.1) is 11.3 Å². The summed E-state index contributed by atoms with van der Waals surface area (Å²) in [6, 6.07) is 11.1. The number of rotatable bonds is 5. The maximum absolute atomic E-state index is 8.81. The number of imidazole rings is 1. The zero-order valence-electron chi connectivity index (χ0n) is 16.1. The lowest BCUT2D eigenvalue weighted by Crippen LogP contribution is -2.44. The minimum absolute atomic E-state index is 0.528. The van der Waals surface area contributed by atoms with E-state index in [1.165, 1.54) is 16.8 Å². The van der Waals surface area contributed by atoms with Crippen LogP contribution in [0.5, 0.6) is 0 Å². The number of nitrogens with zero attached hydrogens (tertiary/aromatic N) is 6. The van der Waals surface area contributed by atoms with Crippen LogP contribution in [0.1, 0.15) is 24.0 Å². The highest BCUT2D eigenvalue weighted by Gasteiger charge is 2.28. The molecule has 0 bridgehead atoms. The van der Waals surface area contributed by atoms with Crippen LogP contribution in [-0.2, 0) is 13.5 Å². The molecule has 0 spiro atoms. The number of anilines is 2. The molecule has 6 nitrogen and oxygen atoms in total. The van der Waals surface area contributed by atoms with Crippen molar-refractivity contribution in [2.45, 2.75) is 19.3 Å². The Hall–Kier alpha value is -2.91. The SMILES string of the molecule is CCc1cc(C2CN(CC#N)C2)ccc1N(C)c1cc2c(cn1)ncn2C. The molecule has 2 aromatic heterocycles.